The zero-order valence-corrected chi connectivity index (χ0v) is 12.6. The molecule has 5 heteroatoms. The van der Waals surface area contributed by atoms with Gasteiger partial charge < -0.3 is 19.5 Å². The van der Waals surface area contributed by atoms with E-state index in [0.29, 0.717) is 18.1 Å². The van der Waals surface area contributed by atoms with Crippen molar-refractivity contribution in [3.05, 3.63) is 24.3 Å². The molecule has 1 aromatic carbocycles. The van der Waals surface area contributed by atoms with E-state index in [4.69, 9.17) is 14.2 Å². The van der Waals surface area contributed by atoms with E-state index in [0.717, 1.165) is 6.42 Å². The first kappa shape index (κ1) is 16.3. The number of para-hydroxylation sites is 2. The first-order valence-electron chi connectivity index (χ1n) is 6.69. The Morgan fingerprint density at radius 2 is 1.85 bits per heavy atom. The predicted octanol–water partition coefficient (Wildman–Crippen LogP) is 2.01. The molecule has 0 radical (unpaired) electrons. The number of esters is 1. The Labute approximate surface area is 120 Å². The van der Waals surface area contributed by atoms with Crippen LogP contribution in [0.1, 0.15) is 20.3 Å². The van der Waals surface area contributed by atoms with Crippen molar-refractivity contribution in [3.63, 3.8) is 0 Å². The molecule has 0 aromatic heterocycles. The average Bonchev–Trinajstić information content (AvgIpc) is 2.50. The number of likely N-dealkylation sites (N-methyl/N-ethyl adjacent to an activating group) is 1. The number of carbonyl (C=O) groups is 1. The predicted molar refractivity (Wildman–Crippen MR) is 77.2 cm³/mol. The van der Waals surface area contributed by atoms with Crippen LogP contribution in [0.4, 0.5) is 0 Å². The largest absolute Gasteiger partial charge is 0.490 e. The Balaban J connectivity index is 2.75. The maximum atomic E-state index is 11.7. The van der Waals surface area contributed by atoms with Gasteiger partial charge in [0, 0.05) is 0 Å². The molecule has 1 N–H and O–H groups in total. The summed E-state index contributed by atoms with van der Waals surface area (Å²) in [5.41, 5.74) is -0.896. The molecule has 112 valence electrons. The van der Waals surface area contributed by atoms with E-state index in [-0.39, 0.29) is 12.6 Å². The van der Waals surface area contributed by atoms with Crippen LogP contribution in [-0.4, -0.2) is 38.9 Å². The first-order valence-corrected chi connectivity index (χ1v) is 6.69. The van der Waals surface area contributed by atoms with Gasteiger partial charge in [-0.05, 0) is 32.5 Å². The fourth-order valence-corrected chi connectivity index (χ4v) is 1.58. The summed E-state index contributed by atoms with van der Waals surface area (Å²) < 4.78 is 16.1. The summed E-state index contributed by atoms with van der Waals surface area (Å²) >= 11 is 0. The van der Waals surface area contributed by atoms with Gasteiger partial charge >= 0.3 is 5.97 Å². The number of benzene rings is 1. The first-order chi connectivity index (χ1) is 9.57. The molecule has 5 nitrogen and oxygen atoms in total. The van der Waals surface area contributed by atoms with Gasteiger partial charge in [0.05, 0.1) is 13.7 Å². The van der Waals surface area contributed by atoms with Gasteiger partial charge in [-0.2, -0.15) is 0 Å². The highest BCUT2D eigenvalue weighted by atomic mass is 16.5. The summed E-state index contributed by atoms with van der Waals surface area (Å²) in [6.07, 6.45) is 0.921. The van der Waals surface area contributed by atoms with Crippen molar-refractivity contribution >= 4 is 5.97 Å². The van der Waals surface area contributed by atoms with Crippen molar-refractivity contribution in [3.8, 4) is 11.5 Å². The molecule has 1 atom stereocenters. The summed E-state index contributed by atoms with van der Waals surface area (Å²) in [5, 5.41) is 2.92. The zero-order chi connectivity index (χ0) is 15.0. The molecule has 0 bridgehead atoms. The van der Waals surface area contributed by atoms with Crippen LogP contribution >= 0.6 is 0 Å². The van der Waals surface area contributed by atoms with Crippen molar-refractivity contribution in [2.45, 2.75) is 25.8 Å². The third-order valence-electron chi connectivity index (χ3n) is 3.01. The SMILES string of the molecule is CCCOc1ccccc1OCC(C)(NC)C(=O)OC. The normalized spacial score (nSPS) is 13.4. The summed E-state index contributed by atoms with van der Waals surface area (Å²) in [6, 6.07) is 7.41. The summed E-state index contributed by atoms with van der Waals surface area (Å²) in [5.74, 6) is 0.927. The minimum atomic E-state index is -0.896. The molecule has 0 saturated heterocycles. The molecule has 1 unspecified atom stereocenters. The van der Waals surface area contributed by atoms with Gasteiger partial charge in [-0.1, -0.05) is 19.1 Å². The molecule has 0 fully saturated rings. The van der Waals surface area contributed by atoms with Crippen molar-refractivity contribution in [2.24, 2.45) is 0 Å². The molecule has 0 aliphatic heterocycles. The Hall–Kier alpha value is -1.75. The number of methoxy groups -OCH3 is 1. The molecule has 0 amide bonds. The van der Waals surface area contributed by atoms with Crippen LogP contribution < -0.4 is 14.8 Å². The number of nitrogens with one attached hydrogen (secondary N) is 1. The van der Waals surface area contributed by atoms with Gasteiger partial charge in [0.2, 0.25) is 0 Å². The van der Waals surface area contributed by atoms with E-state index in [9.17, 15) is 4.79 Å². The highest BCUT2D eigenvalue weighted by Gasteiger charge is 2.33. The second-order valence-corrected chi connectivity index (χ2v) is 4.66. The molecular weight excluding hydrogens is 258 g/mol. The summed E-state index contributed by atoms with van der Waals surface area (Å²) in [4.78, 5) is 11.7. The second-order valence-electron chi connectivity index (χ2n) is 4.66. The van der Waals surface area contributed by atoms with Crippen LogP contribution in [-0.2, 0) is 9.53 Å². The van der Waals surface area contributed by atoms with Gasteiger partial charge in [-0.25, -0.2) is 4.79 Å². The smallest absolute Gasteiger partial charge is 0.329 e. The van der Waals surface area contributed by atoms with E-state index in [1.807, 2.05) is 31.2 Å². The topological polar surface area (TPSA) is 56.8 Å². The van der Waals surface area contributed by atoms with Crippen LogP contribution in [0, 0.1) is 0 Å². The molecule has 20 heavy (non-hydrogen) atoms. The summed E-state index contributed by atoms with van der Waals surface area (Å²) in [6.45, 7) is 4.55. The standard InChI is InChI=1S/C15H23NO4/c1-5-10-19-12-8-6-7-9-13(12)20-11-15(2,16-3)14(17)18-4/h6-9,16H,5,10-11H2,1-4H3. The number of rotatable bonds is 8. The van der Waals surface area contributed by atoms with Gasteiger partial charge in [0.25, 0.3) is 0 Å². The minimum Gasteiger partial charge on any atom is -0.490 e. The van der Waals surface area contributed by atoms with Gasteiger partial charge in [-0.3, -0.25) is 0 Å². The quantitative estimate of drug-likeness (QED) is 0.739. The molecule has 0 saturated carbocycles. The molecule has 0 spiro atoms. The highest BCUT2D eigenvalue weighted by molar-refractivity contribution is 5.80. The van der Waals surface area contributed by atoms with Crippen molar-refractivity contribution in [1.29, 1.82) is 0 Å². The van der Waals surface area contributed by atoms with E-state index in [1.54, 1.807) is 14.0 Å². The highest BCUT2D eigenvalue weighted by Crippen LogP contribution is 2.27. The Kier molecular flexibility index (Phi) is 6.31. The maximum absolute atomic E-state index is 11.7. The third kappa shape index (κ3) is 4.13. The van der Waals surface area contributed by atoms with Crippen molar-refractivity contribution in [2.75, 3.05) is 27.4 Å². The number of ether oxygens (including phenoxy) is 3. The lowest BCUT2D eigenvalue weighted by atomic mass is 10.1. The molecule has 1 rings (SSSR count). The van der Waals surface area contributed by atoms with E-state index >= 15 is 0 Å². The lowest BCUT2D eigenvalue weighted by Crippen LogP contribution is -2.52. The Morgan fingerprint density at radius 3 is 2.35 bits per heavy atom. The van der Waals surface area contributed by atoms with Crippen LogP contribution in [0.25, 0.3) is 0 Å². The average molecular weight is 281 g/mol. The number of carbonyl (C=O) groups excluding carboxylic acids is 1. The second kappa shape index (κ2) is 7.75. The van der Waals surface area contributed by atoms with Gasteiger partial charge in [0.1, 0.15) is 12.1 Å². The van der Waals surface area contributed by atoms with E-state index in [2.05, 4.69) is 5.32 Å². The van der Waals surface area contributed by atoms with Crippen LogP contribution in [0.2, 0.25) is 0 Å². The summed E-state index contributed by atoms with van der Waals surface area (Å²) in [7, 11) is 3.05. The molecule has 0 heterocycles. The van der Waals surface area contributed by atoms with Gasteiger partial charge in [-0.15, -0.1) is 0 Å². The van der Waals surface area contributed by atoms with Crippen molar-refractivity contribution < 1.29 is 19.0 Å². The molecule has 0 aliphatic carbocycles. The number of hydrogen-bond donors (Lipinski definition) is 1. The van der Waals surface area contributed by atoms with Gasteiger partial charge in [0.15, 0.2) is 11.5 Å². The van der Waals surface area contributed by atoms with Crippen molar-refractivity contribution in [1.82, 2.24) is 5.32 Å². The Morgan fingerprint density at radius 1 is 1.25 bits per heavy atom. The molecule has 0 aliphatic rings. The number of hydrogen-bond acceptors (Lipinski definition) is 5. The van der Waals surface area contributed by atoms with Crippen LogP contribution in [0.3, 0.4) is 0 Å². The monoisotopic (exact) mass is 281 g/mol. The lowest BCUT2D eigenvalue weighted by Gasteiger charge is -2.26. The Bertz CT molecular complexity index is 436. The fraction of sp³-hybridized carbons (Fsp3) is 0.533. The van der Waals surface area contributed by atoms with Crippen LogP contribution in [0.5, 0.6) is 11.5 Å². The maximum Gasteiger partial charge on any atom is 0.329 e. The third-order valence-corrected chi connectivity index (χ3v) is 3.01. The fourth-order valence-electron chi connectivity index (χ4n) is 1.58. The van der Waals surface area contributed by atoms with E-state index < -0.39 is 5.54 Å². The molecule has 1 aromatic rings. The lowest BCUT2D eigenvalue weighted by molar-refractivity contribution is -0.148. The zero-order valence-electron chi connectivity index (χ0n) is 12.6. The van der Waals surface area contributed by atoms with Crippen LogP contribution in [0.15, 0.2) is 24.3 Å². The molecular formula is C15H23NO4. The minimum absolute atomic E-state index is 0.155. The van der Waals surface area contributed by atoms with E-state index in [1.165, 1.54) is 7.11 Å².